The second-order valence-corrected chi connectivity index (χ2v) is 8.09. The van der Waals surface area contributed by atoms with Crippen molar-refractivity contribution in [2.45, 2.75) is 32.2 Å². The average molecular weight is 437 g/mol. The molecule has 0 saturated carbocycles. The van der Waals surface area contributed by atoms with E-state index in [1.165, 1.54) is 17.6 Å². The van der Waals surface area contributed by atoms with Crippen LogP contribution in [0.5, 0.6) is 0 Å². The molecule has 1 amide bonds. The number of hydrogen-bond acceptors (Lipinski definition) is 6. The van der Waals surface area contributed by atoms with E-state index in [1.54, 1.807) is 0 Å². The Kier molecular flexibility index (Phi) is 4.72. The first kappa shape index (κ1) is 20.2. The van der Waals surface area contributed by atoms with E-state index in [9.17, 15) is 13.6 Å². The summed E-state index contributed by atoms with van der Waals surface area (Å²) < 4.78 is 27.5. The molecule has 8 nitrogen and oxygen atoms in total. The largest absolute Gasteiger partial charge is 0.360 e. The van der Waals surface area contributed by atoms with Crippen molar-refractivity contribution < 1.29 is 13.6 Å². The number of rotatable bonds is 4. The summed E-state index contributed by atoms with van der Waals surface area (Å²) in [6.45, 7) is 3.21. The number of hydrogen-bond donors (Lipinski definition) is 2. The Bertz CT molecular complexity index is 1340. The number of aryl methyl sites for hydroxylation is 1. The molecule has 1 atom stereocenters. The lowest BCUT2D eigenvalue weighted by molar-refractivity contribution is 0.0119. The Morgan fingerprint density at radius 2 is 2.12 bits per heavy atom. The predicted octanol–water partition coefficient (Wildman–Crippen LogP) is 3.86. The van der Waals surface area contributed by atoms with Crippen molar-refractivity contribution in [3.63, 3.8) is 0 Å². The minimum Gasteiger partial charge on any atom is -0.360 e. The molecule has 0 radical (unpaired) electrons. The average Bonchev–Trinajstić information content (AvgIpc) is 3.39. The van der Waals surface area contributed by atoms with Gasteiger partial charge in [0, 0.05) is 18.4 Å². The zero-order chi connectivity index (χ0) is 22.5. The summed E-state index contributed by atoms with van der Waals surface area (Å²) in [5, 5.41) is 4.79. The number of amides is 1. The molecule has 32 heavy (non-hydrogen) atoms. The summed E-state index contributed by atoms with van der Waals surface area (Å²) in [5.41, 5.74) is 2.85. The smallest absolute Gasteiger partial charge is 0.273 e. The molecule has 0 aliphatic carbocycles. The third-order valence-corrected chi connectivity index (χ3v) is 5.77. The first-order valence-corrected chi connectivity index (χ1v) is 10.3. The number of pyridine rings is 1. The standard InChI is InChI=1S/C22H21F2N7O/c1-12-4-3-5-14-8-15(13(2)29-20-18-19(26-10-25-18)27-11-28-20)30-17(16(12)14)21(32)31-7-6-22(23,24)9-31/h3-5,8,10-11,13H,6-7,9H2,1-2H3,(H2,25,26,27,28,29)/t13-/m0/s1. The topological polar surface area (TPSA) is 99.7 Å². The molecule has 164 valence electrons. The van der Waals surface area contributed by atoms with Crippen LogP contribution in [0.2, 0.25) is 0 Å². The second kappa shape index (κ2) is 7.47. The first-order valence-electron chi connectivity index (χ1n) is 10.3. The summed E-state index contributed by atoms with van der Waals surface area (Å²) in [6, 6.07) is 7.26. The van der Waals surface area contributed by atoms with E-state index >= 15 is 0 Å². The highest BCUT2D eigenvalue weighted by Gasteiger charge is 2.41. The third kappa shape index (κ3) is 3.51. The number of aromatic nitrogens is 5. The van der Waals surface area contributed by atoms with E-state index < -0.39 is 18.4 Å². The quantitative estimate of drug-likeness (QED) is 0.503. The summed E-state index contributed by atoms with van der Waals surface area (Å²) >= 11 is 0. The molecule has 10 heteroatoms. The van der Waals surface area contributed by atoms with Gasteiger partial charge in [-0.1, -0.05) is 18.2 Å². The van der Waals surface area contributed by atoms with Gasteiger partial charge in [0.2, 0.25) is 0 Å². The number of aromatic amines is 1. The van der Waals surface area contributed by atoms with Crippen LogP contribution in [0.1, 0.15) is 41.1 Å². The fourth-order valence-electron chi connectivity index (χ4n) is 4.10. The molecule has 0 spiro atoms. The number of nitrogens with one attached hydrogen (secondary N) is 2. The maximum atomic E-state index is 13.8. The van der Waals surface area contributed by atoms with Crippen LogP contribution >= 0.6 is 0 Å². The highest BCUT2D eigenvalue weighted by Crippen LogP contribution is 2.31. The van der Waals surface area contributed by atoms with Crippen LogP contribution < -0.4 is 5.32 Å². The molecular weight excluding hydrogens is 416 g/mol. The lowest BCUT2D eigenvalue weighted by Crippen LogP contribution is -2.32. The van der Waals surface area contributed by atoms with E-state index in [0.29, 0.717) is 28.1 Å². The molecule has 1 aliphatic heterocycles. The monoisotopic (exact) mass is 437 g/mol. The zero-order valence-corrected chi connectivity index (χ0v) is 17.6. The van der Waals surface area contributed by atoms with Gasteiger partial charge in [0.05, 0.1) is 24.6 Å². The molecule has 1 saturated heterocycles. The Balaban J connectivity index is 1.55. The van der Waals surface area contributed by atoms with E-state index in [2.05, 4.69) is 30.2 Å². The van der Waals surface area contributed by atoms with Gasteiger partial charge in [-0.25, -0.2) is 28.7 Å². The zero-order valence-electron chi connectivity index (χ0n) is 17.6. The molecule has 0 bridgehead atoms. The molecule has 2 N–H and O–H groups in total. The summed E-state index contributed by atoms with van der Waals surface area (Å²) in [5.74, 6) is -2.79. The molecule has 4 heterocycles. The van der Waals surface area contributed by atoms with Crippen LogP contribution in [-0.4, -0.2) is 54.7 Å². The number of fused-ring (bicyclic) bond motifs is 2. The van der Waals surface area contributed by atoms with Crippen molar-refractivity contribution in [1.29, 1.82) is 0 Å². The first-order chi connectivity index (χ1) is 15.3. The molecule has 3 aromatic heterocycles. The SMILES string of the molecule is Cc1cccc2cc([C@H](C)Nc3ncnc4nc[nH]c34)nc(C(=O)N3CCC(F)(F)C3)c12. The number of alkyl halides is 2. The van der Waals surface area contributed by atoms with E-state index in [0.717, 1.165) is 10.9 Å². The molecule has 1 fully saturated rings. The molecular formula is C22H21F2N7O. The fourth-order valence-corrected chi connectivity index (χ4v) is 4.10. The van der Waals surface area contributed by atoms with Gasteiger partial charge >= 0.3 is 0 Å². The molecule has 4 aromatic rings. The van der Waals surface area contributed by atoms with Crippen molar-refractivity contribution in [1.82, 2.24) is 29.8 Å². The van der Waals surface area contributed by atoms with Crippen LogP contribution in [0, 0.1) is 6.92 Å². The minimum atomic E-state index is -2.87. The van der Waals surface area contributed by atoms with Gasteiger partial charge in [-0.3, -0.25) is 4.79 Å². The van der Waals surface area contributed by atoms with Crippen molar-refractivity contribution in [2.24, 2.45) is 0 Å². The van der Waals surface area contributed by atoms with Crippen molar-refractivity contribution in [2.75, 3.05) is 18.4 Å². The number of carbonyl (C=O) groups excluding carboxylic acids is 1. The van der Waals surface area contributed by atoms with Crippen LogP contribution in [0.15, 0.2) is 36.9 Å². The number of nitrogens with zero attached hydrogens (tertiary/aromatic N) is 5. The van der Waals surface area contributed by atoms with Crippen LogP contribution in [0.25, 0.3) is 21.9 Å². The molecule has 5 rings (SSSR count). The van der Waals surface area contributed by atoms with Gasteiger partial charge in [0.15, 0.2) is 11.5 Å². The minimum absolute atomic E-state index is 0.0116. The normalized spacial score (nSPS) is 16.6. The Hall–Kier alpha value is -3.69. The maximum Gasteiger partial charge on any atom is 0.273 e. The maximum absolute atomic E-state index is 13.8. The Labute approximate surface area is 182 Å². The van der Waals surface area contributed by atoms with Crippen molar-refractivity contribution in [3.8, 4) is 0 Å². The fraction of sp³-hybridized carbons (Fsp3) is 0.318. The number of halogens is 2. The Morgan fingerprint density at radius 3 is 2.91 bits per heavy atom. The number of likely N-dealkylation sites (tertiary alicyclic amines) is 1. The molecule has 1 aromatic carbocycles. The van der Waals surface area contributed by atoms with Gasteiger partial charge in [0.1, 0.15) is 17.5 Å². The van der Waals surface area contributed by atoms with E-state index in [1.807, 2.05) is 38.1 Å². The van der Waals surface area contributed by atoms with Gasteiger partial charge in [-0.15, -0.1) is 0 Å². The molecule has 1 aliphatic rings. The van der Waals surface area contributed by atoms with Crippen LogP contribution in [-0.2, 0) is 0 Å². The van der Waals surface area contributed by atoms with Crippen LogP contribution in [0.3, 0.4) is 0 Å². The van der Waals surface area contributed by atoms with E-state index in [-0.39, 0.29) is 24.7 Å². The second-order valence-electron chi connectivity index (χ2n) is 8.09. The third-order valence-electron chi connectivity index (χ3n) is 5.77. The number of anilines is 1. The highest BCUT2D eigenvalue weighted by molar-refractivity contribution is 6.06. The van der Waals surface area contributed by atoms with Crippen molar-refractivity contribution >= 4 is 33.7 Å². The predicted molar refractivity (Wildman–Crippen MR) is 116 cm³/mol. The van der Waals surface area contributed by atoms with Gasteiger partial charge in [-0.2, -0.15) is 0 Å². The number of H-pyrrole nitrogens is 1. The lowest BCUT2D eigenvalue weighted by atomic mass is 10.0. The Morgan fingerprint density at radius 1 is 1.28 bits per heavy atom. The number of imidazole rings is 1. The van der Waals surface area contributed by atoms with Crippen LogP contribution in [0.4, 0.5) is 14.6 Å². The van der Waals surface area contributed by atoms with E-state index in [4.69, 9.17) is 0 Å². The molecule has 0 unspecified atom stereocenters. The number of benzene rings is 1. The number of carbonyl (C=O) groups is 1. The van der Waals surface area contributed by atoms with Gasteiger partial charge < -0.3 is 15.2 Å². The highest BCUT2D eigenvalue weighted by atomic mass is 19.3. The van der Waals surface area contributed by atoms with Gasteiger partial charge in [0.25, 0.3) is 11.8 Å². The summed E-state index contributed by atoms with van der Waals surface area (Å²) in [6.07, 6.45) is 2.62. The summed E-state index contributed by atoms with van der Waals surface area (Å²) in [7, 11) is 0. The lowest BCUT2D eigenvalue weighted by Gasteiger charge is -2.20. The van der Waals surface area contributed by atoms with Gasteiger partial charge in [-0.05, 0) is 30.9 Å². The summed E-state index contributed by atoms with van der Waals surface area (Å²) in [4.78, 5) is 34.6. The van der Waals surface area contributed by atoms with Crippen molar-refractivity contribution in [3.05, 3.63) is 53.9 Å².